The smallest absolute Gasteiger partial charge is 0.251 e. The van der Waals surface area contributed by atoms with Crippen LogP contribution in [0.1, 0.15) is 37.0 Å². The van der Waals surface area contributed by atoms with E-state index in [0.29, 0.717) is 29.2 Å². The summed E-state index contributed by atoms with van der Waals surface area (Å²) in [4.78, 5) is 21.1. The van der Waals surface area contributed by atoms with Gasteiger partial charge in [0.1, 0.15) is 5.82 Å². The average molecular weight is 364 g/mol. The van der Waals surface area contributed by atoms with Crippen LogP contribution in [0.4, 0.5) is 11.6 Å². The van der Waals surface area contributed by atoms with Crippen molar-refractivity contribution in [3.63, 3.8) is 0 Å². The molecular formula is C20H24N6O. The van der Waals surface area contributed by atoms with E-state index in [9.17, 15) is 4.79 Å². The Bertz CT molecular complexity index is 972. The van der Waals surface area contributed by atoms with Crippen LogP contribution in [0.3, 0.4) is 0 Å². The average Bonchev–Trinajstić information content (AvgIpc) is 3.36. The molecule has 0 unspecified atom stereocenters. The molecule has 0 spiro atoms. The zero-order valence-corrected chi connectivity index (χ0v) is 15.6. The number of nitrogens with zero attached hydrogens (tertiary/aromatic N) is 3. The molecule has 0 radical (unpaired) electrons. The highest BCUT2D eigenvalue weighted by Gasteiger charge is 2.23. The fourth-order valence-corrected chi connectivity index (χ4v) is 2.93. The van der Waals surface area contributed by atoms with E-state index in [1.54, 1.807) is 12.4 Å². The molecule has 27 heavy (non-hydrogen) atoms. The number of amides is 1. The Labute approximate surface area is 158 Å². The maximum atomic E-state index is 12.2. The van der Waals surface area contributed by atoms with Crippen LogP contribution in [0.2, 0.25) is 0 Å². The van der Waals surface area contributed by atoms with Gasteiger partial charge >= 0.3 is 0 Å². The number of anilines is 2. The Morgan fingerprint density at radius 3 is 2.70 bits per heavy atom. The predicted molar refractivity (Wildman–Crippen MR) is 107 cm³/mol. The number of carbonyl (C=O) groups is 1. The number of hydrogen-bond acceptors (Lipinski definition) is 5. The van der Waals surface area contributed by atoms with Crippen molar-refractivity contribution in [2.24, 2.45) is 5.92 Å². The van der Waals surface area contributed by atoms with Gasteiger partial charge in [-0.05, 0) is 30.9 Å². The van der Waals surface area contributed by atoms with Gasteiger partial charge in [-0.1, -0.05) is 26.0 Å². The lowest BCUT2D eigenvalue weighted by molar-refractivity contribution is 0.0951. The number of hydrogen-bond donors (Lipinski definition) is 3. The lowest BCUT2D eigenvalue weighted by Crippen LogP contribution is -2.25. The molecule has 0 saturated heterocycles. The number of fused-ring (bicyclic) bond motifs is 1. The highest BCUT2D eigenvalue weighted by Crippen LogP contribution is 2.26. The van der Waals surface area contributed by atoms with E-state index in [0.717, 1.165) is 36.3 Å². The molecule has 2 heterocycles. The van der Waals surface area contributed by atoms with Crippen molar-refractivity contribution in [3.05, 3.63) is 42.2 Å². The van der Waals surface area contributed by atoms with Crippen molar-refractivity contribution in [1.82, 2.24) is 19.7 Å². The van der Waals surface area contributed by atoms with Crippen LogP contribution in [0.25, 0.3) is 16.9 Å². The minimum atomic E-state index is -0.0178. The highest BCUT2D eigenvalue weighted by molar-refractivity contribution is 5.95. The third-order valence-corrected chi connectivity index (χ3v) is 4.54. The largest absolute Gasteiger partial charge is 0.382 e. The maximum Gasteiger partial charge on any atom is 0.251 e. The molecule has 1 amide bonds. The Balaban J connectivity index is 1.64. The van der Waals surface area contributed by atoms with E-state index >= 15 is 0 Å². The molecular weight excluding hydrogens is 340 g/mol. The Morgan fingerprint density at radius 2 is 2.04 bits per heavy atom. The lowest BCUT2D eigenvalue weighted by Gasteiger charge is -2.11. The van der Waals surface area contributed by atoms with E-state index < -0.39 is 0 Å². The Hall–Kier alpha value is -3.09. The maximum absolute atomic E-state index is 12.2. The predicted octanol–water partition coefficient (Wildman–Crippen LogP) is 2.94. The minimum absolute atomic E-state index is 0.0178. The molecule has 0 bridgehead atoms. The fraction of sp³-hybridized carbons (Fsp3) is 0.350. The van der Waals surface area contributed by atoms with Gasteiger partial charge in [0, 0.05) is 23.7 Å². The summed E-state index contributed by atoms with van der Waals surface area (Å²) >= 11 is 0. The number of carbonyl (C=O) groups excluding carboxylic acids is 1. The van der Waals surface area contributed by atoms with Crippen LogP contribution in [0.15, 0.2) is 36.7 Å². The van der Waals surface area contributed by atoms with Crippen LogP contribution in [0.5, 0.6) is 0 Å². The number of rotatable bonds is 6. The van der Waals surface area contributed by atoms with Crippen molar-refractivity contribution in [1.29, 1.82) is 0 Å². The molecule has 3 aromatic rings. The first-order chi connectivity index (χ1) is 13.0. The molecule has 7 heteroatoms. The summed E-state index contributed by atoms with van der Waals surface area (Å²) in [5.74, 6) is 1.57. The molecule has 0 aliphatic heterocycles. The van der Waals surface area contributed by atoms with Gasteiger partial charge in [0.05, 0.1) is 18.1 Å². The number of nitrogens with two attached hydrogens (primary N) is 1. The number of imidazole rings is 1. The fourth-order valence-electron chi connectivity index (χ4n) is 2.93. The third-order valence-electron chi connectivity index (χ3n) is 4.54. The number of nitrogen functional groups attached to an aromatic ring is 1. The molecule has 0 atom stereocenters. The van der Waals surface area contributed by atoms with Gasteiger partial charge < -0.3 is 16.4 Å². The standard InChI is InChI=1S/C20H24N6O/c1-12(2)9-22-18-19-23-10-16(26(19)11-17(21)25-18)13-3-5-14(6-4-13)20(27)24-15-7-8-15/h3-6,10-12,15H,7-9,21H2,1-2H3,(H,22,25)(H,24,27). The molecule has 1 aromatic carbocycles. The summed E-state index contributed by atoms with van der Waals surface area (Å²) in [6.45, 7) is 5.06. The Kier molecular flexibility index (Phi) is 4.43. The van der Waals surface area contributed by atoms with Crippen LogP contribution in [0, 0.1) is 5.92 Å². The molecule has 1 saturated carbocycles. The van der Waals surface area contributed by atoms with Gasteiger partial charge in [-0.15, -0.1) is 0 Å². The second-order valence-electron chi connectivity index (χ2n) is 7.45. The second kappa shape index (κ2) is 6.90. The first-order valence-electron chi connectivity index (χ1n) is 9.30. The number of nitrogens with one attached hydrogen (secondary N) is 2. The SMILES string of the molecule is CC(C)CNc1nc(N)cn2c(-c3ccc(C(=O)NC4CC4)cc3)cnc12. The summed E-state index contributed by atoms with van der Waals surface area (Å²) in [5.41, 5.74) is 9.27. The van der Waals surface area contributed by atoms with Gasteiger partial charge in [0.15, 0.2) is 11.5 Å². The van der Waals surface area contributed by atoms with Gasteiger partial charge in [0.25, 0.3) is 5.91 Å². The second-order valence-corrected chi connectivity index (χ2v) is 7.45. The first-order valence-corrected chi connectivity index (χ1v) is 9.30. The van der Waals surface area contributed by atoms with Crippen molar-refractivity contribution in [2.45, 2.75) is 32.7 Å². The zero-order chi connectivity index (χ0) is 19.0. The first kappa shape index (κ1) is 17.3. The number of aromatic nitrogens is 3. The molecule has 2 aromatic heterocycles. The summed E-state index contributed by atoms with van der Waals surface area (Å²) in [6.07, 6.45) is 5.73. The van der Waals surface area contributed by atoms with E-state index in [4.69, 9.17) is 5.73 Å². The van der Waals surface area contributed by atoms with Gasteiger partial charge in [-0.3, -0.25) is 9.20 Å². The summed E-state index contributed by atoms with van der Waals surface area (Å²) in [5, 5.41) is 6.32. The molecule has 1 aliphatic carbocycles. The van der Waals surface area contributed by atoms with Gasteiger partial charge in [0.2, 0.25) is 0 Å². The van der Waals surface area contributed by atoms with E-state index in [2.05, 4.69) is 34.4 Å². The van der Waals surface area contributed by atoms with Crippen LogP contribution >= 0.6 is 0 Å². The molecule has 1 fully saturated rings. The van der Waals surface area contributed by atoms with Crippen molar-refractivity contribution < 1.29 is 4.79 Å². The van der Waals surface area contributed by atoms with Gasteiger partial charge in [-0.2, -0.15) is 0 Å². The molecule has 7 nitrogen and oxygen atoms in total. The van der Waals surface area contributed by atoms with E-state index in [1.165, 1.54) is 0 Å². The van der Waals surface area contributed by atoms with E-state index in [1.807, 2.05) is 28.7 Å². The minimum Gasteiger partial charge on any atom is -0.382 e. The monoisotopic (exact) mass is 364 g/mol. The summed E-state index contributed by atoms with van der Waals surface area (Å²) < 4.78 is 1.93. The third kappa shape index (κ3) is 3.72. The van der Waals surface area contributed by atoms with Crippen molar-refractivity contribution in [2.75, 3.05) is 17.6 Å². The van der Waals surface area contributed by atoms with Crippen LogP contribution in [-0.2, 0) is 0 Å². The topological polar surface area (TPSA) is 97.3 Å². The normalized spacial score (nSPS) is 13.9. The highest BCUT2D eigenvalue weighted by atomic mass is 16.1. The molecule has 4 N–H and O–H groups in total. The zero-order valence-electron chi connectivity index (χ0n) is 15.6. The summed E-state index contributed by atoms with van der Waals surface area (Å²) in [6, 6.07) is 7.90. The summed E-state index contributed by atoms with van der Waals surface area (Å²) in [7, 11) is 0. The molecule has 1 aliphatic rings. The van der Waals surface area contributed by atoms with Crippen LogP contribution < -0.4 is 16.4 Å². The number of benzene rings is 1. The Morgan fingerprint density at radius 1 is 1.30 bits per heavy atom. The van der Waals surface area contributed by atoms with Crippen LogP contribution in [-0.4, -0.2) is 32.9 Å². The molecule has 140 valence electrons. The lowest BCUT2D eigenvalue weighted by atomic mass is 10.1. The van der Waals surface area contributed by atoms with Gasteiger partial charge in [-0.25, -0.2) is 9.97 Å². The van der Waals surface area contributed by atoms with Crippen molar-refractivity contribution >= 4 is 23.2 Å². The van der Waals surface area contributed by atoms with E-state index in [-0.39, 0.29) is 5.91 Å². The quantitative estimate of drug-likeness (QED) is 0.625. The van der Waals surface area contributed by atoms with Crippen molar-refractivity contribution in [3.8, 4) is 11.3 Å². The molecule has 4 rings (SSSR count).